The standard InChI is InChI=1S/C8H15F.3C8H16.CH4.2H2O.H2/c1-6-3-4-7(2)8(9)5-6;3*1-7-3-5-8(2)6-4-7;;;;/h6-8H,3-5H2,1-2H3;3*7-8H,3-6H2,1-2H3;1H4;2*1H2;1H. The van der Waals surface area contributed by atoms with Gasteiger partial charge in [0.1, 0.15) is 6.17 Å². The van der Waals surface area contributed by atoms with Crippen LogP contribution >= 0.6 is 0 Å². The molecule has 4 saturated carbocycles. The van der Waals surface area contributed by atoms with Crippen LogP contribution in [0.5, 0.6) is 0 Å². The van der Waals surface area contributed by atoms with Crippen LogP contribution < -0.4 is 0 Å². The number of hydrogen-bond donors (Lipinski definition) is 0. The third-order valence-electron chi connectivity index (χ3n) is 9.27. The summed E-state index contributed by atoms with van der Waals surface area (Å²) in [4.78, 5) is 0. The van der Waals surface area contributed by atoms with Crippen molar-refractivity contribution in [2.75, 3.05) is 0 Å². The molecular weight excluding hydrogens is 447 g/mol. The van der Waals surface area contributed by atoms with Crippen LogP contribution in [-0.2, 0) is 0 Å². The quantitative estimate of drug-likeness (QED) is 0.305. The lowest BCUT2D eigenvalue weighted by atomic mass is 9.83. The Labute approximate surface area is 229 Å². The van der Waals surface area contributed by atoms with Gasteiger partial charge in [0.25, 0.3) is 0 Å². The Bertz CT molecular complexity index is 376. The molecule has 4 N–H and O–H groups in total. The van der Waals surface area contributed by atoms with Gasteiger partial charge in [0.05, 0.1) is 0 Å². The summed E-state index contributed by atoms with van der Waals surface area (Å²) >= 11 is 0. The van der Waals surface area contributed by atoms with Gasteiger partial charge in [0.2, 0.25) is 0 Å². The molecule has 4 aliphatic carbocycles. The SMILES string of the molecule is C.CC1CCC(C)C(F)C1.CC1CCC(C)CC1.CC1CCC(C)CC1.CC1CCC(C)CC1.O.O.[HH]. The summed E-state index contributed by atoms with van der Waals surface area (Å²) < 4.78 is 12.8. The molecule has 0 heterocycles. The van der Waals surface area contributed by atoms with Crippen LogP contribution in [0.1, 0.15) is 161 Å². The van der Waals surface area contributed by atoms with Gasteiger partial charge in [-0.1, -0.05) is 146 Å². The van der Waals surface area contributed by atoms with Crippen LogP contribution in [-0.4, -0.2) is 17.1 Å². The van der Waals surface area contributed by atoms with Crippen molar-refractivity contribution in [2.24, 2.45) is 47.3 Å². The van der Waals surface area contributed by atoms with Crippen LogP contribution in [0.4, 0.5) is 4.39 Å². The van der Waals surface area contributed by atoms with Gasteiger partial charge in [-0.15, -0.1) is 0 Å². The van der Waals surface area contributed by atoms with Crippen LogP contribution in [0.25, 0.3) is 0 Å². The van der Waals surface area contributed by atoms with Gasteiger partial charge >= 0.3 is 0 Å². The van der Waals surface area contributed by atoms with Crippen LogP contribution in [0.2, 0.25) is 0 Å². The van der Waals surface area contributed by atoms with Gasteiger partial charge in [0, 0.05) is 1.43 Å². The summed E-state index contributed by atoms with van der Waals surface area (Å²) in [6.07, 6.45) is 20.3. The molecule has 3 atom stereocenters. The first kappa shape index (κ1) is 40.3. The predicted octanol–water partition coefficient (Wildman–Crippen LogP) is 10.5. The highest BCUT2D eigenvalue weighted by atomic mass is 19.1. The van der Waals surface area contributed by atoms with E-state index in [2.05, 4.69) is 48.5 Å². The Balaban J connectivity index is -0.000000190. The van der Waals surface area contributed by atoms with Crippen molar-refractivity contribution in [3.8, 4) is 0 Å². The normalized spacial score (nSPS) is 37.8. The molecule has 0 aromatic rings. The third-order valence-corrected chi connectivity index (χ3v) is 9.27. The first-order chi connectivity index (χ1) is 15.6. The second-order valence-electron chi connectivity index (χ2n) is 13.5. The van der Waals surface area contributed by atoms with Crippen molar-refractivity contribution in [2.45, 2.75) is 165 Å². The van der Waals surface area contributed by atoms with E-state index in [1.54, 1.807) is 0 Å². The summed E-state index contributed by atoms with van der Waals surface area (Å²) in [5.41, 5.74) is 0. The van der Waals surface area contributed by atoms with Crippen LogP contribution in [0.15, 0.2) is 0 Å². The molecule has 0 radical (unpaired) electrons. The zero-order chi connectivity index (χ0) is 24.8. The summed E-state index contributed by atoms with van der Waals surface area (Å²) in [6.45, 7) is 18.3. The smallest absolute Gasteiger partial charge is 0.103 e. The van der Waals surface area contributed by atoms with E-state index in [1.165, 1.54) is 83.5 Å². The van der Waals surface area contributed by atoms with E-state index in [0.717, 1.165) is 48.3 Å². The molecular formula is C33H73FO2. The summed E-state index contributed by atoms with van der Waals surface area (Å²) in [5, 5.41) is 0. The minimum absolute atomic E-state index is 0. The monoisotopic (exact) mass is 521 g/mol. The molecule has 2 nitrogen and oxygen atoms in total. The van der Waals surface area contributed by atoms with Crippen molar-refractivity contribution in [3.05, 3.63) is 0 Å². The minimum atomic E-state index is -0.520. The Morgan fingerprint density at radius 3 is 0.750 bits per heavy atom. The summed E-state index contributed by atoms with van der Waals surface area (Å²) in [7, 11) is 0. The fraction of sp³-hybridized carbons (Fsp3) is 1.00. The largest absolute Gasteiger partial charge is 0.412 e. The zero-order valence-electron chi connectivity index (χ0n) is 25.2. The Kier molecular flexibility index (Phi) is 25.6. The van der Waals surface area contributed by atoms with Gasteiger partial charge in [-0.3, -0.25) is 0 Å². The first-order valence-electron chi connectivity index (χ1n) is 15.2. The molecule has 3 unspecified atom stereocenters. The number of halogens is 1. The molecule has 224 valence electrons. The molecule has 0 amide bonds. The Morgan fingerprint density at radius 2 is 0.583 bits per heavy atom. The minimum Gasteiger partial charge on any atom is -0.412 e. The fourth-order valence-corrected chi connectivity index (χ4v) is 5.74. The summed E-state index contributed by atoms with van der Waals surface area (Å²) in [6, 6.07) is 0. The molecule has 36 heavy (non-hydrogen) atoms. The number of rotatable bonds is 0. The third kappa shape index (κ3) is 19.9. The van der Waals surface area contributed by atoms with Crippen LogP contribution in [0.3, 0.4) is 0 Å². The van der Waals surface area contributed by atoms with E-state index in [1.807, 2.05) is 6.92 Å². The fourth-order valence-electron chi connectivity index (χ4n) is 5.74. The van der Waals surface area contributed by atoms with E-state index in [9.17, 15) is 4.39 Å². The lowest BCUT2D eigenvalue weighted by molar-refractivity contribution is 0.145. The van der Waals surface area contributed by atoms with Gasteiger partial charge in [-0.2, -0.15) is 0 Å². The predicted molar refractivity (Wildman–Crippen MR) is 164 cm³/mol. The second-order valence-corrected chi connectivity index (χ2v) is 13.5. The average molecular weight is 521 g/mol. The molecule has 0 bridgehead atoms. The summed E-state index contributed by atoms with van der Waals surface area (Å²) in [5.74, 6) is 7.06. The van der Waals surface area contributed by atoms with E-state index in [4.69, 9.17) is 0 Å². The number of hydrogen-bond acceptors (Lipinski definition) is 0. The van der Waals surface area contributed by atoms with E-state index >= 15 is 0 Å². The molecule has 4 aliphatic rings. The highest BCUT2D eigenvalue weighted by Gasteiger charge is 2.24. The van der Waals surface area contributed by atoms with Crippen molar-refractivity contribution in [3.63, 3.8) is 0 Å². The Morgan fingerprint density at radius 1 is 0.389 bits per heavy atom. The lowest BCUT2D eigenvalue weighted by Crippen LogP contribution is -2.22. The highest BCUT2D eigenvalue weighted by Crippen LogP contribution is 2.30. The first-order valence-corrected chi connectivity index (χ1v) is 15.2. The van der Waals surface area contributed by atoms with E-state index in [-0.39, 0.29) is 19.8 Å². The Hall–Kier alpha value is -0.150. The maximum Gasteiger partial charge on any atom is 0.103 e. The lowest BCUT2D eigenvalue weighted by Gasteiger charge is -2.26. The van der Waals surface area contributed by atoms with Gasteiger partial charge < -0.3 is 11.0 Å². The topological polar surface area (TPSA) is 63.0 Å². The van der Waals surface area contributed by atoms with Gasteiger partial charge in [-0.05, 0) is 60.2 Å². The van der Waals surface area contributed by atoms with Crippen molar-refractivity contribution < 1.29 is 16.8 Å². The van der Waals surface area contributed by atoms with E-state index < -0.39 is 6.17 Å². The van der Waals surface area contributed by atoms with Crippen molar-refractivity contribution >= 4 is 0 Å². The van der Waals surface area contributed by atoms with Crippen molar-refractivity contribution in [1.29, 1.82) is 0 Å². The van der Waals surface area contributed by atoms with Crippen molar-refractivity contribution in [1.82, 2.24) is 0 Å². The molecule has 4 fully saturated rings. The number of alkyl halides is 1. The average Bonchev–Trinajstić information content (AvgIpc) is 2.79. The maximum atomic E-state index is 12.8. The van der Waals surface area contributed by atoms with E-state index in [0.29, 0.717) is 11.8 Å². The molecule has 0 aromatic carbocycles. The molecule has 3 heteroatoms. The second kappa shape index (κ2) is 22.8. The molecule has 4 rings (SSSR count). The zero-order valence-corrected chi connectivity index (χ0v) is 25.2. The highest BCUT2D eigenvalue weighted by molar-refractivity contribution is 4.74. The van der Waals surface area contributed by atoms with Gasteiger partial charge in [-0.25, -0.2) is 4.39 Å². The molecule has 0 spiro atoms. The van der Waals surface area contributed by atoms with Crippen LogP contribution in [0, 0.1) is 47.3 Å². The van der Waals surface area contributed by atoms with Gasteiger partial charge in [0.15, 0.2) is 0 Å². The maximum absolute atomic E-state index is 12.8. The molecule has 0 aliphatic heterocycles. The molecule has 0 aromatic heterocycles. The molecule has 0 saturated heterocycles.